The van der Waals surface area contributed by atoms with Crippen molar-refractivity contribution in [3.05, 3.63) is 41.5 Å². The number of allylic oxidation sites excluding steroid dienone is 2. The molecule has 0 N–H and O–H groups in total. The number of carbonyl (C=O) groups excluding carboxylic acids is 2. The molecule has 122 valence electrons. The highest BCUT2D eigenvalue weighted by molar-refractivity contribution is 5.96. The predicted octanol–water partition coefficient (Wildman–Crippen LogP) is 3.06. The molecule has 0 unspecified atom stereocenters. The first-order valence-electron chi connectivity index (χ1n) is 7.78. The zero-order chi connectivity index (χ0) is 16.8. The molecule has 1 fully saturated rings. The summed E-state index contributed by atoms with van der Waals surface area (Å²) < 4.78 is 4.99. The van der Waals surface area contributed by atoms with E-state index in [1.54, 1.807) is 16.8 Å². The first-order valence-corrected chi connectivity index (χ1v) is 7.78. The summed E-state index contributed by atoms with van der Waals surface area (Å²) in [5, 5.41) is 0. The number of para-hydroxylation sites is 1. The van der Waals surface area contributed by atoms with Crippen LogP contribution in [0.25, 0.3) is 0 Å². The second-order valence-electron chi connectivity index (χ2n) is 6.55. The monoisotopic (exact) mass is 314 g/mol. The molecule has 0 saturated carbocycles. The number of likely N-dealkylation sites (N-methyl/N-ethyl adjacent to an activating group) is 1. The lowest BCUT2D eigenvalue weighted by Gasteiger charge is -2.34. The number of anilines is 1. The molecular weight excluding hydrogens is 292 g/mol. The third-order valence-corrected chi connectivity index (χ3v) is 4.91. The fourth-order valence-corrected chi connectivity index (χ4v) is 3.85. The number of carbonyl (C=O) groups is 2. The van der Waals surface area contributed by atoms with Crippen LogP contribution in [0.1, 0.15) is 32.3 Å². The molecule has 2 aliphatic heterocycles. The lowest BCUT2D eigenvalue weighted by atomic mass is 9.76. The van der Waals surface area contributed by atoms with Gasteiger partial charge in [0, 0.05) is 18.9 Å². The average Bonchev–Trinajstić information content (AvgIpc) is 2.95. The SMILES string of the molecule is COC(=O)N1c2ccccc2[C@]2(CC=C(C)C)CC(=O)N(C)[C@H]12. The highest BCUT2D eigenvalue weighted by Gasteiger charge is 2.60. The third-order valence-electron chi connectivity index (χ3n) is 4.91. The molecule has 3 rings (SSSR count). The van der Waals surface area contributed by atoms with Crippen LogP contribution in [-0.2, 0) is 14.9 Å². The van der Waals surface area contributed by atoms with Crippen LogP contribution in [0.3, 0.4) is 0 Å². The van der Waals surface area contributed by atoms with Crippen LogP contribution < -0.4 is 4.90 Å². The van der Waals surface area contributed by atoms with Gasteiger partial charge in [-0.1, -0.05) is 29.8 Å². The zero-order valence-corrected chi connectivity index (χ0v) is 14.0. The first-order chi connectivity index (χ1) is 10.9. The number of hydrogen-bond donors (Lipinski definition) is 0. The van der Waals surface area contributed by atoms with Gasteiger partial charge in [-0.3, -0.25) is 9.69 Å². The number of methoxy groups -OCH3 is 1. The predicted molar refractivity (Wildman–Crippen MR) is 88.2 cm³/mol. The lowest BCUT2D eigenvalue weighted by Crippen LogP contribution is -2.51. The van der Waals surface area contributed by atoms with Gasteiger partial charge in [0.2, 0.25) is 5.91 Å². The van der Waals surface area contributed by atoms with Crippen molar-refractivity contribution in [2.75, 3.05) is 19.1 Å². The van der Waals surface area contributed by atoms with E-state index in [0.29, 0.717) is 6.42 Å². The van der Waals surface area contributed by atoms with Crippen LogP contribution in [0, 0.1) is 0 Å². The summed E-state index contributed by atoms with van der Waals surface area (Å²) in [6.45, 7) is 4.09. The number of ether oxygens (including phenoxy) is 1. The van der Waals surface area contributed by atoms with Gasteiger partial charge in [0.25, 0.3) is 0 Å². The molecule has 1 aromatic carbocycles. The minimum Gasteiger partial charge on any atom is -0.452 e. The van der Waals surface area contributed by atoms with Crippen LogP contribution in [0.15, 0.2) is 35.9 Å². The Bertz CT molecular complexity index is 693. The molecule has 0 aliphatic carbocycles. The van der Waals surface area contributed by atoms with Crippen molar-refractivity contribution >= 4 is 17.7 Å². The van der Waals surface area contributed by atoms with Gasteiger partial charge < -0.3 is 9.64 Å². The second-order valence-corrected chi connectivity index (χ2v) is 6.55. The summed E-state index contributed by atoms with van der Waals surface area (Å²) in [5.41, 5.74) is 2.68. The van der Waals surface area contributed by atoms with Crippen molar-refractivity contribution in [3.8, 4) is 0 Å². The van der Waals surface area contributed by atoms with Crippen LogP contribution in [-0.4, -0.2) is 37.2 Å². The molecule has 5 nitrogen and oxygen atoms in total. The molecule has 2 heterocycles. The number of hydrogen-bond acceptors (Lipinski definition) is 3. The smallest absolute Gasteiger partial charge is 0.415 e. The molecule has 2 atom stereocenters. The number of amides is 2. The van der Waals surface area contributed by atoms with Crippen molar-refractivity contribution in [1.82, 2.24) is 4.90 Å². The van der Waals surface area contributed by atoms with E-state index >= 15 is 0 Å². The number of fused-ring (bicyclic) bond motifs is 3. The number of likely N-dealkylation sites (tertiary alicyclic amines) is 1. The van der Waals surface area contributed by atoms with Crippen LogP contribution in [0.4, 0.5) is 10.5 Å². The topological polar surface area (TPSA) is 49.9 Å². The fourth-order valence-electron chi connectivity index (χ4n) is 3.85. The third kappa shape index (κ3) is 2.14. The van der Waals surface area contributed by atoms with Crippen molar-refractivity contribution < 1.29 is 14.3 Å². The molecule has 5 heteroatoms. The maximum absolute atomic E-state index is 12.4. The number of nitrogens with zero attached hydrogens (tertiary/aromatic N) is 2. The molecule has 0 radical (unpaired) electrons. The van der Waals surface area contributed by atoms with Crippen molar-refractivity contribution in [2.24, 2.45) is 0 Å². The first kappa shape index (κ1) is 15.6. The molecule has 2 amide bonds. The van der Waals surface area contributed by atoms with Crippen LogP contribution in [0.2, 0.25) is 0 Å². The van der Waals surface area contributed by atoms with E-state index in [1.807, 2.05) is 38.1 Å². The van der Waals surface area contributed by atoms with Crippen LogP contribution >= 0.6 is 0 Å². The maximum Gasteiger partial charge on any atom is 0.415 e. The van der Waals surface area contributed by atoms with Crippen molar-refractivity contribution in [2.45, 2.75) is 38.3 Å². The van der Waals surface area contributed by atoms with E-state index in [4.69, 9.17) is 4.74 Å². The summed E-state index contributed by atoms with van der Waals surface area (Å²) in [6.07, 6.45) is 2.51. The minimum atomic E-state index is -0.428. The fraction of sp³-hybridized carbons (Fsp3) is 0.444. The Morgan fingerprint density at radius 2 is 2.09 bits per heavy atom. The summed E-state index contributed by atoms with van der Waals surface area (Å²) in [5.74, 6) is 0.0561. The zero-order valence-electron chi connectivity index (χ0n) is 14.0. The Kier molecular flexibility index (Phi) is 3.66. The minimum absolute atomic E-state index is 0.0561. The molecular formula is C18H22N2O3. The van der Waals surface area contributed by atoms with E-state index in [-0.39, 0.29) is 12.1 Å². The molecule has 2 aliphatic rings. The summed E-state index contributed by atoms with van der Waals surface area (Å²) in [7, 11) is 3.14. The molecule has 0 bridgehead atoms. The molecule has 1 aromatic rings. The van der Waals surface area contributed by atoms with Gasteiger partial charge in [0.1, 0.15) is 6.17 Å². The van der Waals surface area contributed by atoms with E-state index in [2.05, 4.69) is 6.08 Å². The lowest BCUT2D eigenvalue weighted by molar-refractivity contribution is -0.127. The van der Waals surface area contributed by atoms with Gasteiger partial charge >= 0.3 is 6.09 Å². The Morgan fingerprint density at radius 3 is 2.74 bits per heavy atom. The molecule has 1 saturated heterocycles. The van der Waals surface area contributed by atoms with E-state index in [9.17, 15) is 9.59 Å². The molecule has 0 spiro atoms. The summed E-state index contributed by atoms with van der Waals surface area (Å²) in [6, 6.07) is 7.82. The van der Waals surface area contributed by atoms with Crippen LogP contribution in [0.5, 0.6) is 0 Å². The Hall–Kier alpha value is -2.30. The molecule has 0 aromatic heterocycles. The highest BCUT2D eigenvalue weighted by atomic mass is 16.5. The normalized spacial score (nSPS) is 25.2. The van der Waals surface area contributed by atoms with Crippen molar-refractivity contribution in [3.63, 3.8) is 0 Å². The van der Waals surface area contributed by atoms with Gasteiger partial charge in [-0.15, -0.1) is 0 Å². The van der Waals surface area contributed by atoms with E-state index in [0.717, 1.165) is 17.7 Å². The van der Waals surface area contributed by atoms with Gasteiger partial charge in [0.05, 0.1) is 12.8 Å². The second kappa shape index (κ2) is 5.41. The highest BCUT2D eigenvalue weighted by Crippen LogP contribution is 2.54. The van der Waals surface area contributed by atoms with Gasteiger partial charge in [-0.05, 0) is 31.9 Å². The Labute approximate surface area is 136 Å². The maximum atomic E-state index is 12.4. The van der Waals surface area contributed by atoms with Gasteiger partial charge in [0.15, 0.2) is 0 Å². The summed E-state index contributed by atoms with van der Waals surface area (Å²) >= 11 is 0. The van der Waals surface area contributed by atoms with E-state index < -0.39 is 11.5 Å². The largest absolute Gasteiger partial charge is 0.452 e. The quantitative estimate of drug-likeness (QED) is 0.788. The summed E-state index contributed by atoms with van der Waals surface area (Å²) in [4.78, 5) is 28.1. The number of rotatable bonds is 2. The molecule has 23 heavy (non-hydrogen) atoms. The number of benzene rings is 1. The van der Waals surface area contributed by atoms with E-state index in [1.165, 1.54) is 12.7 Å². The Morgan fingerprint density at radius 1 is 1.39 bits per heavy atom. The van der Waals surface area contributed by atoms with Gasteiger partial charge in [-0.2, -0.15) is 0 Å². The Balaban J connectivity index is 2.20. The average molecular weight is 314 g/mol. The standard InChI is InChI=1S/C18H22N2O3/c1-12(2)9-10-18-11-15(21)19(3)16(18)20(17(22)23-4)14-8-6-5-7-13(14)18/h5-9,16H,10-11H2,1-4H3/t16-,18+/m1/s1. The van der Waals surface area contributed by atoms with Crippen molar-refractivity contribution in [1.29, 1.82) is 0 Å². The van der Waals surface area contributed by atoms with Gasteiger partial charge in [-0.25, -0.2) is 4.79 Å².